The molecule has 0 saturated carbocycles. The minimum absolute atomic E-state index is 0.230. The number of hydrogen-bond donors (Lipinski definition) is 2. The van der Waals surface area contributed by atoms with Crippen LogP contribution in [0.15, 0.2) is 22.5 Å². The van der Waals surface area contributed by atoms with Crippen LogP contribution in [0, 0.1) is 0 Å². The van der Waals surface area contributed by atoms with Gasteiger partial charge in [-0.05, 0) is 24.5 Å². The van der Waals surface area contributed by atoms with Gasteiger partial charge >= 0.3 is 0 Å². The molecule has 0 aliphatic heterocycles. The SMILES string of the molecule is OCCCc1cccc2sc(S)nc12. The van der Waals surface area contributed by atoms with Gasteiger partial charge in [0, 0.05) is 6.61 Å². The van der Waals surface area contributed by atoms with Crippen LogP contribution < -0.4 is 0 Å². The predicted molar refractivity (Wildman–Crippen MR) is 62.3 cm³/mol. The maximum Gasteiger partial charge on any atom is 0.148 e. The summed E-state index contributed by atoms with van der Waals surface area (Å²) >= 11 is 5.83. The molecule has 1 heterocycles. The molecular formula is C10H11NOS2. The zero-order valence-corrected chi connectivity index (χ0v) is 9.31. The maximum atomic E-state index is 8.77. The monoisotopic (exact) mass is 225 g/mol. The molecular weight excluding hydrogens is 214 g/mol. The molecule has 74 valence electrons. The highest BCUT2D eigenvalue weighted by molar-refractivity contribution is 7.82. The molecule has 0 spiro atoms. The van der Waals surface area contributed by atoms with Gasteiger partial charge < -0.3 is 5.11 Å². The van der Waals surface area contributed by atoms with Gasteiger partial charge in [0.25, 0.3) is 0 Å². The fourth-order valence-corrected chi connectivity index (χ4v) is 2.61. The molecule has 0 bridgehead atoms. The Kier molecular flexibility index (Phi) is 3.05. The lowest BCUT2D eigenvalue weighted by Gasteiger charge is -1.99. The largest absolute Gasteiger partial charge is 0.396 e. The minimum Gasteiger partial charge on any atom is -0.396 e. The van der Waals surface area contributed by atoms with Gasteiger partial charge in [0.1, 0.15) is 4.34 Å². The molecule has 2 nitrogen and oxygen atoms in total. The molecule has 0 amide bonds. The molecule has 0 radical (unpaired) electrons. The Morgan fingerprint density at radius 2 is 2.29 bits per heavy atom. The van der Waals surface area contributed by atoms with E-state index in [4.69, 9.17) is 5.11 Å². The highest BCUT2D eigenvalue weighted by Crippen LogP contribution is 2.27. The van der Waals surface area contributed by atoms with Gasteiger partial charge in [-0.1, -0.05) is 12.1 Å². The summed E-state index contributed by atoms with van der Waals surface area (Å²) in [7, 11) is 0. The fourth-order valence-electron chi connectivity index (χ4n) is 1.47. The Morgan fingerprint density at radius 3 is 3.07 bits per heavy atom. The Balaban J connectivity index is 2.42. The van der Waals surface area contributed by atoms with Crippen LogP contribution in [0.1, 0.15) is 12.0 Å². The first-order chi connectivity index (χ1) is 6.81. The summed E-state index contributed by atoms with van der Waals surface area (Å²) in [5.74, 6) is 0. The molecule has 1 N–H and O–H groups in total. The third-order valence-electron chi connectivity index (χ3n) is 2.10. The number of thiazole rings is 1. The third kappa shape index (κ3) is 1.92. The van der Waals surface area contributed by atoms with Crippen molar-refractivity contribution in [2.24, 2.45) is 0 Å². The first kappa shape index (κ1) is 9.96. The highest BCUT2D eigenvalue weighted by atomic mass is 32.2. The van der Waals surface area contributed by atoms with Crippen molar-refractivity contribution in [2.75, 3.05) is 6.61 Å². The van der Waals surface area contributed by atoms with E-state index >= 15 is 0 Å². The van der Waals surface area contributed by atoms with E-state index in [1.807, 2.05) is 6.07 Å². The molecule has 0 saturated heterocycles. The van der Waals surface area contributed by atoms with Crippen molar-refractivity contribution in [3.05, 3.63) is 23.8 Å². The molecule has 0 aliphatic carbocycles. The van der Waals surface area contributed by atoms with Crippen molar-refractivity contribution in [3.8, 4) is 0 Å². The summed E-state index contributed by atoms with van der Waals surface area (Å²) < 4.78 is 1.97. The molecule has 2 rings (SSSR count). The second-order valence-corrected chi connectivity index (χ2v) is 4.84. The van der Waals surface area contributed by atoms with Crippen molar-refractivity contribution in [1.82, 2.24) is 4.98 Å². The van der Waals surface area contributed by atoms with E-state index in [2.05, 4.69) is 29.7 Å². The normalized spacial score (nSPS) is 11.0. The van der Waals surface area contributed by atoms with Crippen LogP contribution in [0.4, 0.5) is 0 Å². The molecule has 1 aromatic heterocycles. The number of fused-ring (bicyclic) bond motifs is 1. The van der Waals surface area contributed by atoms with Gasteiger partial charge in [0.2, 0.25) is 0 Å². The minimum atomic E-state index is 0.230. The van der Waals surface area contributed by atoms with Gasteiger partial charge in [0.15, 0.2) is 0 Å². The van der Waals surface area contributed by atoms with Gasteiger partial charge in [0.05, 0.1) is 10.2 Å². The number of hydrogen-bond acceptors (Lipinski definition) is 4. The van der Waals surface area contributed by atoms with Gasteiger partial charge in [-0.15, -0.1) is 24.0 Å². The Morgan fingerprint density at radius 1 is 1.43 bits per heavy atom. The number of aryl methyl sites for hydroxylation is 1. The molecule has 1 aromatic carbocycles. The molecule has 4 heteroatoms. The number of para-hydroxylation sites is 1. The van der Waals surface area contributed by atoms with Crippen LogP contribution in [0.3, 0.4) is 0 Å². The van der Waals surface area contributed by atoms with Crippen molar-refractivity contribution in [2.45, 2.75) is 17.2 Å². The summed E-state index contributed by atoms with van der Waals surface area (Å²) in [5.41, 5.74) is 2.24. The van der Waals surface area contributed by atoms with E-state index in [0.717, 1.165) is 22.7 Å². The fraction of sp³-hybridized carbons (Fsp3) is 0.300. The molecule has 14 heavy (non-hydrogen) atoms. The average Bonchev–Trinajstić information content (AvgIpc) is 2.55. The van der Waals surface area contributed by atoms with E-state index in [-0.39, 0.29) is 6.61 Å². The maximum absolute atomic E-state index is 8.77. The lowest BCUT2D eigenvalue weighted by molar-refractivity contribution is 0.288. The predicted octanol–water partition coefficient (Wildman–Crippen LogP) is 2.51. The van der Waals surface area contributed by atoms with Crippen LogP contribution in [0.25, 0.3) is 10.2 Å². The number of thiol groups is 1. The van der Waals surface area contributed by atoms with E-state index < -0.39 is 0 Å². The lowest BCUT2D eigenvalue weighted by atomic mass is 10.1. The first-order valence-electron chi connectivity index (χ1n) is 4.49. The Labute approximate surface area is 92.0 Å². The standard InChI is InChI=1S/C10H11NOS2/c12-6-2-4-7-3-1-5-8-9(7)11-10(13)14-8/h1,3,5,12H,2,4,6H2,(H,11,13). The van der Waals surface area contributed by atoms with Crippen molar-refractivity contribution in [3.63, 3.8) is 0 Å². The smallest absolute Gasteiger partial charge is 0.148 e. The van der Waals surface area contributed by atoms with E-state index in [9.17, 15) is 0 Å². The number of nitrogens with zero attached hydrogens (tertiary/aromatic N) is 1. The summed E-state index contributed by atoms with van der Waals surface area (Å²) in [5, 5.41) is 8.77. The summed E-state index contributed by atoms with van der Waals surface area (Å²) in [6.45, 7) is 0.230. The van der Waals surface area contributed by atoms with Gasteiger partial charge in [-0.2, -0.15) is 0 Å². The number of aromatic nitrogens is 1. The number of rotatable bonds is 3. The number of benzene rings is 1. The van der Waals surface area contributed by atoms with Crippen molar-refractivity contribution in [1.29, 1.82) is 0 Å². The first-order valence-corrected chi connectivity index (χ1v) is 5.76. The van der Waals surface area contributed by atoms with Crippen LogP contribution in [0.5, 0.6) is 0 Å². The Hall–Kier alpha value is -0.580. The molecule has 0 atom stereocenters. The molecule has 2 aromatic rings. The Bertz CT molecular complexity index is 439. The van der Waals surface area contributed by atoms with E-state index in [1.165, 1.54) is 10.3 Å². The molecule has 0 fully saturated rings. The molecule has 0 aliphatic rings. The quantitative estimate of drug-likeness (QED) is 0.787. The summed E-state index contributed by atoms with van der Waals surface area (Å²) in [6, 6.07) is 6.14. The van der Waals surface area contributed by atoms with E-state index in [1.54, 1.807) is 11.3 Å². The zero-order valence-electron chi connectivity index (χ0n) is 7.60. The summed E-state index contributed by atoms with van der Waals surface area (Å²) in [6.07, 6.45) is 1.67. The van der Waals surface area contributed by atoms with Crippen molar-refractivity contribution >= 4 is 34.2 Å². The summed E-state index contributed by atoms with van der Waals surface area (Å²) in [4.78, 5) is 4.37. The average molecular weight is 225 g/mol. The second-order valence-electron chi connectivity index (χ2n) is 3.09. The zero-order chi connectivity index (χ0) is 9.97. The van der Waals surface area contributed by atoms with E-state index in [0.29, 0.717) is 0 Å². The van der Waals surface area contributed by atoms with Crippen LogP contribution in [0.2, 0.25) is 0 Å². The van der Waals surface area contributed by atoms with Crippen LogP contribution in [-0.4, -0.2) is 16.7 Å². The third-order valence-corrected chi connectivity index (χ3v) is 3.29. The van der Waals surface area contributed by atoms with Crippen LogP contribution >= 0.6 is 24.0 Å². The van der Waals surface area contributed by atoms with Crippen LogP contribution in [-0.2, 0) is 6.42 Å². The van der Waals surface area contributed by atoms with Gasteiger partial charge in [-0.25, -0.2) is 4.98 Å². The number of aliphatic hydroxyl groups is 1. The van der Waals surface area contributed by atoms with Gasteiger partial charge in [-0.3, -0.25) is 0 Å². The molecule has 0 unspecified atom stereocenters. The second kappa shape index (κ2) is 4.29. The topological polar surface area (TPSA) is 33.1 Å². The van der Waals surface area contributed by atoms with Crippen molar-refractivity contribution < 1.29 is 5.11 Å². The number of aliphatic hydroxyl groups excluding tert-OH is 1. The highest BCUT2D eigenvalue weighted by Gasteiger charge is 2.05. The lowest BCUT2D eigenvalue weighted by Crippen LogP contribution is -1.90.